The van der Waals surface area contributed by atoms with Gasteiger partial charge in [0, 0.05) is 39.1 Å². The van der Waals surface area contributed by atoms with E-state index in [0.29, 0.717) is 0 Å². The Morgan fingerprint density at radius 1 is 1.20 bits per heavy atom. The van der Waals surface area contributed by atoms with E-state index in [-0.39, 0.29) is 56.9 Å². The predicted octanol–water partition coefficient (Wildman–Crippen LogP) is 5.47. The molecule has 3 heteroatoms. The van der Waals surface area contributed by atoms with Crippen molar-refractivity contribution in [2.75, 3.05) is 6.61 Å². The van der Waals surface area contributed by atoms with Crippen molar-refractivity contribution in [2.24, 2.45) is 5.41 Å². The third kappa shape index (κ3) is 9.08. The SMILES string of the molecule is CC1=C(/C=C/C(C)=C/C=C/C(C)=C/C(=O)CCO)C(C)(C)CCC1.[Y]. The molecule has 0 fully saturated rings. The first kappa shape index (κ1) is 24.4. The Balaban J connectivity index is 0.00000576. The Labute approximate surface area is 178 Å². The van der Waals surface area contributed by atoms with Gasteiger partial charge in [-0.1, -0.05) is 55.4 Å². The molecule has 0 saturated carbocycles. The molecule has 0 atom stereocenters. The van der Waals surface area contributed by atoms with Gasteiger partial charge in [-0.2, -0.15) is 0 Å². The summed E-state index contributed by atoms with van der Waals surface area (Å²) < 4.78 is 0. The van der Waals surface area contributed by atoms with Gasteiger partial charge in [-0.25, -0.2) is 0 Å². The number of ketones is 1. The average Bonchev–Trinajstić information content (AvgIpc) is 2.46. The van der Waals surface area contributed by atoms with Crippen molar-refractivity contribution in [1.82, 2.24) is 0 Å². The van der Waals surface area contributed by atoms with Gasteiger partial charge in [0.05, 0.1) is 6.61 Å². The van der Waals surface area contributed by atoms with Gasteiger partial charge in [-0.15, -0.1) is 0 Å². The number of rotatable bonds is 7. The van der Waals surface area contributed by atoms with Crippen LogP contribution in [0.4, 0.5) is 0 Å². The Bertz CT molecular complexity index is 602. The molecule has 0 aliphatic heterocycles. The van der Waals surface area contributed by atoms with E-state index in [0.717, 1.165) is 5.57 Å². The topological polar surface area (TPSA) is 37.3 Å². The summed E-state index contributed by atoms with van der Waals surface area (Å²) in [6.07, 6.45) is 15.9. The van der Waals surface area contributed by atoms with Crippen LogP contribution in [0.2, 0.25) is 0 Å². The van der Waals surface area contributed by atoms with E-state index < -0.39 is 0 Å². The summed E-state index contributed by atoms with van der Waals surface area (Å²) in [5.41, 5.74) is 5.32. The van der Waals surface area contributed by atoms with Crippen LogP contribution in [0.25, 0.3) is 0 Å². The molecule has 0 heterocycles. The van der Waals surface area contributed by atoms with Crippen molar-refractivity contribution in [3.8, 4) is 0 Å². The van der Waals surface area contributed by atoms with E-state index >= 15 is 0 Å². The van der Waals surface area contributed by atoms with Crippen molar-refractivity contribution in [1.29, 1.82) is 0 Å². The van der Waals surface area contributed by atoms with E-state index in [2.05, 4.69) is 45.9 Å². The maximum atomic E-state index is 11.4. The number of carbonyl (C=O) groups excluding carboxylic acids is 1. The second-order valence-corrected chi connectivity index (χ2v) is 7.36. The summed E-state index contributed by atoms with van der Waals surface area (Å²) in [4.78, 5) is 11.4. The minimum Gasteiger partial charge on any atom is -0.396 e. The molecule has 1 aliphatic carbocycles. The zero-order chi connectivity index (χ0) is 18.2. The van der Waals surface area contributed by atoms with Gasteiger partial charge >= 0.3 is 0 Å². The molecule has 0 aromatic carbocycles. The molecule has 0 aromatic heterocycles. The van der Waals surface area contributed by atoms with Crippen LogP contribution < -0.4 is 0 Å². The quantitative estimate of drug-likeness (QED) is 0.441. The summed E-state index contributed by atoms with van der Waals surface area (Å²) in [5.74, 6) is -0.0396. The normalized spacial score (nSPS) is 18.8. The standard InChI is InChI=1S/C22H32O2.Y/c1-17(8-6-9-18(2)16-20(24)13-15-23)11-12-21-19(3)10-7-14-22(21,4)5;/h6,8-9,11-12,16,23H,7,10,13-15H2,1-5H3;/b9-6+,12-11+,17-8+,18-16+;. The van der Waals surface area contributed by atoms with Crippen LogP contribution in [0.5, 0.6) is 0 Å². The van der Waals surface area contributed by atoms with Crippen molar-refractivity contribution in [3.63, 3.8) is 0 Å². The Morgan fingerprint density at radius 2 is 1.88 bits per heavy atom. The molecule has 0 amide bonds. The molecule has 1 radical (unpaired) electrons. The molecule has 0 bridgehead atoms. The van der Waals surface area contributed by atoms with Crippen LogP contribution in [-0.4, -0.2) is 17.5 Å². The van der Waals surface area contributed by atoms with Crippen molar-refractivity contribution < 1.29 is 42.6 Å². The molecule has 0 aromatic rings. The van der Waals surface area contributed by atoms with Crippen molar-refractivity contribution in [2.45, 2.75) is 60.3 Å². The van der Waals surface area contributed by atoms with Crippen LogP contribution in [0.1, 0.15) is 60.3 Å². The van der Waals surface area contributed by atoms with Crippen LogP contribution in [0, 0.1) is 5.41 Å². The minimum absolute atomic E-state index is 0. The molecular formula is C22H32O2Y. The summed E-state index contributed by atoms with van der Waals surface area (Å²) in [6.45, 7) is 10.8. The molecule has 1 aliphatic rings. The van der Waals surface area contributed by atoms with Gasteiger partial charge in [0.25, 0.3) is 0 Å². The first-order valence-corrected chi connectivity index (χ1v) is 8.81. The molecule has 0 unspecified atom stereocenters. The fourth-order valence-electron chi connectivity index (χ4n) is 3.12. The fraction of sp³-hybridized carbons (Fsp3) is 0.500. The summed E-state index contributed by atoms with van der Waals surface area (Å²) in [6, 6.07) is 0. The molecule has 2 nitrogen and oxygen atoms in total. The number of hydrogen-bond donors (Lipinski definition) is 1. The first-order valence-electron chi connectivity index (χ1n) is 8.81. The molecule has 135 valence electrons. The van der Waals surface area contributed by atoms with E-state index in [9.17, 15) is 4.79 Å². The summed E-state index contributed by atoms with van der Waals surface area (Å²) in [7, 11) is 0. The molecule has 1 rings (SSSR count). The zero-order valence-electron chi connectivity index (χ0n) is 16.4. The second-order valence-electron chi connectivity index (χ2n) is 7.36. The van der Waals surface area contributed by atoms with Gasteiger partial charge < -0.3 is 5.11 Å². The summed E-state index contributed by atoms with van der Waals surface area (Å²) >= 11 is 0. The smallest absolute Gasteiger partial charge is 0.158 e. The van der Waals surface area contributed by atoms with Gasteiger partial charge in [-0.05, 0) is 62.7 Å². The molecule has 1 N–H and O–H groups in total. The van der Waals surface area contributed by atoms with E-state index in [1.54, 1.807) is 6.08 Å². The van der Waals surface area contributed by atoms with Crippen molar-refractivity contribution in [3.05, 3.63) is 58.7 Å². The average molecular weight is 417 g/mol. The Morgan fingerprint density at radius 3 is 2.48 bits per heavy atom. The van der Waals surface area contributed by atoms with Gasteiger partial charge in [0.1, 0.15) is 0 Å². The molecule has 25 heavy (non-hydrogen) atoms. The molecule has 0 spiro atoms. The van der Waals surface area contributed by atoms with Crippen molar-refractivity contribution >= 4 is 5.78 Å². The Hall–Kier alpha value is -0.566. The van der Waals surface area contributed by atoms with Crippen LogP contribution >= 0.6 is 0 Å². The van der Waals surface area contributed by atoms with E-state index in [4.69, 9.17) is 5.11 Å². The maximum Gasteiger partial charge on any atom is 0.158 e. The fourth-order valence-corrected chi connectivity index (χ4v) is 3.12. The summed E-state index contributed by atoms with van der Waals surface area (Å²) in [5, 5.41) is 8.73. The minimum atomic E-state index is -0.0955. The maximum absolute atomic E-state index is 11.4. The molecular weight excluding hydrogens is 385 g/mol. The number of aliphatic hydroxyl groups excluding tert-OH is 1. The largest absolute Gasteiger partial charge is 0.396 e. The predicted molar refractivity (Wildman–Crippen MR) is 103 cm³/mol. The van der Waals surface area contributed by atoms with E-state index in [1.165, 1.54) is 36.0 Å². The zero-order valence-corrected chi connectivity index (χ0v) is 19.3. The Kier molecular flexibility index (Phi) is 11.7. The number of carbonyl (C=O) groups is 1. The van der Waals surface area contributed by atoms with E-state index in [1.807, 2.05) is 19.1 Å². The second kappa shape index (κ2) is 11.9. The molecule has 0 saturated heterocycles. The number of hydrogen-bond acceptors (Lipinski definition) is 2. The third-order valence-electron chi connectivity index (χ3n) is 4.52. The van der Waals surface area contributed by atoms with Gasteiger partial charge in [0.15, 0.2) is 5.78 Å². The van der Waals surface area contributed by atoms with Gasteiger partial charge in [0.2, 0.25) is 0 Å². The van der Waals surface area contributed by atoms with Crippen LogP contribution in [0.3, 0.4) is 0 Å². The third-order valence-corrected chi connectivity index (χ3v) is 4.52. The van der Waals surface area contributed by atoms with Crippen LogP contribution in [0.15, 0.2) is 58.7 Å². The number of aliphatic hydroxyl groups is 1. The monoisotopic (exact) mass is 417 g/mol. The van der Waals surface area contributed by atoms with Crippen LogP contribution in [-0.2, 0) is 37.5 Å². The van der Waals surface area contributed by atoms with Gasteiger partial charge in [-0.3, -0.25) is 4.79 Å². The first-order chi connectivity index (χ1) is 11.3. The number of allylic oxidation sites excluding steroid dienone is 10.